The van der Waals surface area contributed by atoms with Crippen LogP contribution in [0.5, 0.6) is 5.75 Å². The number of benzene rings is 1. The van der Waals surface area contributed by atoms with Crippen LogP contribution < -0.4 is 5.32 Å². The molecule has 1 aromatic heterocycles. The van der Waals surface area contributed by atoms with Crippen LogP contribution in [0.4, 0.5) is 0 Å². The fraction of sp³-hybridized carbons (Fsp3) is 0.154. The minimum absolute atomic E-state index is 0.119. The molecule has 0 spiro atoms. The monoisotopic (exact) mass is 243 g/mol. The number of hydrogen-bond acceptors (Lipinski definition) is 4. The van der Waals surface area contributed by atoms with Crippen molar-refractivity contribution in [3.05, 3.63) is 53.9 Å². The van der Waals surface area contributed by atoms with Crippen LogP contribution in [-0.2, 0) is 17.8 Å². The van der Waals surface area contributed by atoms with Gasteiger partial charge in [-0.25, -0.2) is 0 Å². The number of phenols is 1. The van der Waals surface area contributed by atoms with Gasteiger partial charge in [-0.15, -0.1) is 0 Å². The number of nitrogens with zero attached hydrogens (tertiary/aromatic N) is 2. The van der Waals surface area contributed by atoms with Crippen molar-refractivity contribution in [2.45, 2.75) is 13.0 Å². The molecule has 0 fully saturated rings. The molecule has 2 rings (SSSR count). The molecule has 5 nitrogen and oxygen atoms in total. The third-order valence-electron chi connectivity index (χ3n) is 2.37. The normalized spacial score (nSPS) is 10.0. The Bertz CT molecular complexity index is 529. The molecule has 0 unspecified atom stereocenters. The smallest absolute Gasteiger partial charge is 0.224 e. The standard InChI is InChI=1S/C13H13N3O2/c17-12-5-1-3-10(7-12)8-13(18)14-9-11-4-2-6-15-16-11/h1-7,17H,8-9H2,(H,14,18). The average Bonchev–Trinajstić information content (AvgIpc) is 2.38. The summed E-state index contributed by atoms with van der Waals surface area (Å²) in [5.41, 5.74) is 1.48. The number of nitrogens with one attached hydrogen (secondary N) is 1. The highest BCUT2D eigenvalue weighted by Crippen LogP contribution is 2.11. The van der Waals surface area contributed by atoms with Gasteiger partial charge in [-0.05, 0) is 29.8 Å². The minimum Gasteiger partial charge on any atom is -0.508 e. The second kappa shape index (κ2) is 5.77. The number of aromatic nitrogens is 2. The van der Waals surface area contributed by atoms with E-state index in [-0.39, 0.29) is 18.1 Å². The van der Waals surface area contributed by atoms with Gasteiger partial charge in [0.25, 0.3) is 0 Å². The number of hydrogen-bond donors (Lipinski definition) is 2. The van der Waals surface area contributed by atoms with Gasteiger partial charge >= 0.3 is 0 Å². The van der Waals surface area contributed by atoms with E-state index in [0.29, 0.717) is 12.2 Å². The molecule has 5 heteroatoms. The number of aromatic hydroxyl groups is 1. The van der Waals surface area contributed by atoms with Gasteiger partial charge in [0.1, 0.15) is 5.75 Å². The molecule has 0 saturated heterocycles. The van der Waals surface area contributed by atoms with Crippen LogP contribution in [0, 0.1) is 0 Å². The number of rotatable bonds is 4. The van der Waals surface area contributed by atoms with Crippen molar-refractivity contribution in [3.63, 3.8) is 0 Å². The number of carbonyl (C=O) groups is 1. The van der Waals surface area contributed by atoms with Gasteiger partial charge in [-0.3, -0.25) is 4.79 Å². The molecule has 1 amide bonds. The Kier molecular flexibility index (Phi) is 3.86. The Morgan fingerprint density at radius 1 is 1.28 bits per heavy atom. The van der Waals surface area contributed by atoms with E-state index >= 15 is 0 Å². The predicted molar refractivity (Wildman–Crippen MR) is 65.7 cm³/mol. The molecule has 0 aliphatic heterocycles. The highest BCUT2D eigenvalue weighted by atomic mass is 16.3. The second-order valence-corrected chi connectivity index (χ2v) is 3.84. The maximum Gasteiger partial charge on any atom is 0.224 e. The first-order valence-electron chi connectivity index (χ1n) is 5.55. The third kappa shape index (κ3) is 3.55. The molecule has 0 aliphatic rings. The highest BCUT2D eigenvalue weighted by molar-refractivity contribution is 5.78. The summed E-state index contributed by atoms with van der Waals surface area (Å²) in [6.07, 6.45) is 1.81. The van der Waals surface area contributed by atoms with Crippen LogP contribution >= 0.6 is 0 Å². The van der Waals surface area contributed by atoms with Crippen LogP contribution in [0.25, 0.3) is 0 Å². The Morgan fingerprint density at radius 3 is 2.89 bits per heavy atom. The van der Waals surface area contributed by atoms with Crippen LogP contribution in [0.1, 0.15) is 11.3 Å². The largest absolute Gasteiger partial charge is 0.508 e. The summed E-state index contributed by atoms with van der Waals surface area (Å²) < 4.78 is 0. The van der Waals surface area contributed by atoms with Gasteiger partial charge in [0.2, 0.25) is 5.91 Å². The zero-order chi connectivity index (χ0) is 12.8. The molecule has 18 heavy (non-hydrogen) atoms. The second-order valence-electron chi connectivity index (χ2n) is 3.84. The SMILES string of the molecule is O=C(Cc1cccc(O)c1)NCc1cccnn1. The Balaban J connectivity index is 1.86. The van der Waals surface area contributed by atoms with Crippen LogP contribution in [0.3, 0.4) is 0 Å². The van der Waals surface area contributed by atoms with E-state index in [1.54, 1.807) is 42.6 Å². The number of phenolic OH excluding ortho intramolecular Hbond substituents is 1. The summed E-state index contributed by atoms with van der Waals surface area (Å²) in [7, 11) is 0. The van der Waals surface area contributed by atoms with Crippen molar-refractivity contribution in [3.8, 4) is 5.75 Å². The first-order chi connectivity index (χ1) is 8.74. The van der Waals surface area contributed by atoms with Crippen molar-refractivity contribution in [1.82, 2.24) is 15.5 Å². The quantitative estimate of drug-likeness (QED) is 0.841. The molecule has 0 bridgehead atoms. The van der Waals surface area contributed by atoms with Gasteiger partial charge in [-0.2, -0.15) is 10.2 Å². The number of amides is 1. The first kappa shape index (κ1) is 12.0. The fourth-order valence-electron chi connectivity index (χ4n) is 1.53. The molecular weight excluding hydrogens is 230 g/mol. The van der Waals surface area contributed by atoms with E-state index in [9.17, 15) is 9.90 Å². The molecule has 0 radical (unpaired) electrons. The van der Waals surface area contributed by atoms with Gasteiger partial charge in [0, 0.05) is 6.20 Å². The molecular formula is C13H13N3O2. The van der Waals surface area contributed by atoms with E-state index in [1.165, 1.54) is 0 Å². The molecule has 0 saturated carbocycles. The van der Waals surface area contributed by atoms with Crippen molar-refractivity contribution in [1.29, 1.82) is 0 Å². The van der Waals surface area contributed by atoms with Crippen LogP contribution in [-0.4, -0.2) is 21.2 Å². The van der Waals surface area contributed by atoms with Gasteiger partial charge < -0.3 is 10.4 Å². The maximum atomic E-state index is 11.7. The Morgan fingerprint density at radius 2 is 2.17 bits per heavy atom. The lowest BCUT2D eigenvalue weighted by molar-refractivity contribution is -0.120. The predicted octanol–water partition coefficient (Wildman–Crippen LogP) is 1.04. The first-order valence-corrected chi connectivity index (χ1v) is 5.55. The van der Waals surface area contributed by atoms with Crippen molar-refractivity contribution in [2.24, 2.45) is 0 Å². The van der Waals surface area contributed by atoms with E-state index in [0.717, 1.165) is 5.56 Å². The summed E-state index contributed by atoms with van der Waals surface area (Å²) in [6.45, 7) is 0.353. The molecule has 0 atom stereocenters. The van der Waals surface area contributed by atoms with E-state index in [4.69, 9.17) is 0 Å². The third-order valence-corrected chi connectivity index (χ3v) is 2.37. The number of carbonyl (C=O) groups excluding carboxylic acids is 1. The van der Waals surface area contributed by atoms with Crippen molar-refractivity contribution < 1.29 is 9.90 Å². The summed E-state index contributed by atoms with van der Waals surface area (Å²) >= 11 is 0. The summed E-state index contributed by atoms with van der Waals surface area (Å²) in [6, 6.07) is 10.2. The van der Waals surface area contributed by atoms with Gasteiger partial charge in [0.05, 0.1) is 18.7 Å². The lowest BCUT2D eigenvalue weighted by Crippen LogP contribution is -2.25. The Labute approximate surface area is 104 Å². The topological polar surface area (TPSA) is 75.1 Å². The summed E-state index contributed by atoms with van der Waals surface area (Å²) in [4.78, 5) is 11.7. The van der Waals surface area contributed by atoms with Crippen LogP contribution in [0.2, 0.25) is 0 Å². The zero-order valence-corrected chi connectivity index (χ0v) is 9.71. The minimum atomic E-state index is -0.119. The molecule has 2 N–H and O–H groups in total. The summed E-state index contributed by atoms with van der Waals surface area (Å²) in [5, 5.41) is 19.6. The molecule has 0 aliphatic carbocycles. The maximum absolute atomic E-state index is 11.7. The van der Waals surface area contributed by atoms with Gasteiger partial charge in [0.15, 0.2) is 0 Å². The molecule has 1 heterocycles. The molecule has 2 aromatic rings. The van der Waals surface area contributed by atoms with Crippen molar-refractivity contribution >= 4 is 5.91 Å². The average molecular weight is 243 g/mol. The molecule has 92 valence electrons. The van der Waals surface area contributed by atoms with Crippen molar-refractivity contribution in [2.75, 3.05) is 0 Å². The highest BCUT2D eigenvalue weighted by Gasteiger charge is 2.04. The van der Waals surface area contributed by atoms with Crippen LogP contribution in [0.15, 0.2) is 42.6 Å². The van der Waals surface area contributed by atoms with E-state index in [1.807, 2.05) is 0 Å². The fourth-order valence-corrected chi connectivity index (χ4v) is 1.53. The van der Waals surface area contributed by atoms with E-state index in [2.05, 4.69) is 15.5 Å². The lowest BCUT2D eigenvalue weighted by Gasteiger charge is -2.04. The summed E-state index contributed by atoms with van der Waals surface area (Å²) in [5.74, 6) is 0.0421. The Hall–Kier alpha value is -2.43. The van der Waals surface area contributed by atoms with E-state index < -0.39 is 0 Å². The molecule has 1 aromatic carbocycles. The van der Waals surface area contributed by atoms with Gasteiger partial charge in [-0.1, -0.05) is 12.1 Å². The lowest BCUT2D eigenvalue weighted by atomic mass is 10.1. The zero-order valence-electron chi connectivity index (χ0n) is 9.71.